The summed E-state index contributed by atoms with van der Waals surface area (Å²) in [6.07, 6.45) is -0.949. The predicted molar refractivity (Wildman–Crippen MR) is 115 cm³/mol. The number of methoxy groups -OCH3 is 1. The van der Waals surface area contributed by atoms with E-state index in [1.165, 1.54) is 14.0 Å². The number of ether oxygens (including phenoxy) is 3. The van der Waals surface area contributed by atoms with E-state index in [4.69, 9.17) is 14.2 Å². The van der Waals surface area contributed by atoms with Crippen LogP contribution in [0.2, 0.25) is 0 Å². The van der Waals surface area contributed by atoms with E-state index < -0.39 is 12.1 Å². The van der Waals surface area contributed by atoms with Gasteiger partial charge in [0.05, 0.1) is 7.11 Å². The zero-order valence-electron chi connectivity index (χ0n) is 17.2. The first-order valence-corrected chi connectivity index (χ1v) is 9.68. The van der Waals surface area contributed by atoms with Crippen LogP contribution in [0.5, 0.6) is 11.5 Å². The number of rotatable bonds is 9. The van der Waals surface area contributed by atoms with Crippen LogP contribution in [0.25, 0.3) is 0 Å². The first-order valence-electron chi connectivity index (χ1n) is 9.68. The number of ketones is 2. The monoisotopic (exact) mass is 418 g/mol. The third-order valence-corrected chi connectivity index (χ3v) is 4.56. The quantitative estimate of drug-likeness (QED) is 0.384. The minimum absolute atomic E-state index is 0.0996. The Morgan fingerprint density at radius 1 is 0.742 bits per heavy atom. The standard InChI is InChI=1S/C25H22O6/c1-17(24(27)19-8-12-21(29-2)13-9-19)31-23(26)16-30-22-14-10-20(11-15-22)25(28)18-6-4-3-5-7-18/h3-15,17H,16H2,1-2H3/t17-/m1/s1. The highest BCUT2D eigenvalue weighted by atomic mass is 16.6. The topological polar surface area (TPSA) is 78.9 Å². The molecule has 0 aromatic heterocycles. The molecule has 0 saturated heterocycles. The van der Waals surface area contributed by atoms with Crippen molar-refractivity contribution in [2.24, 2.45) is 0 Å². The molecule has 0 bridgehead atoms. The third kappa shape index (κ3) is 5.79. The van der Waals surface area contributed by atoms with Gasteiger partial charge in [-0.05, 0) is 55.5 Å². The molecule has 0 fully saturated rings. The van der Waals surface area contributed by atoms with Crippen LogP contribution >= 0.6 is 0 Å². The van der Waals surface area contributed by atoms with Crippen LogP contribution in [0.15, 0.2) is 78.9 Å². The molecule has 0 N–H and O–H groups in total. The summed E-state index contributed by atoms with van der Waals surface area (Å²) in [6.45, 7) is 1.15. The molecule has 158 valence electrons. The van der Waals surface area contributed by atoms with E-state index in [1.807, 2.05) is 6.07 Å². The van der Waals surface area contributed by atoms with E-state index in [-0.39, 0.29) is 18.2 Å². The first-order chi connectivity index (χ1) is 15.0. The van der Waals surface area contributed by atoms with Gasteiger partial charge in [-0.2, -0.15) is 0 Å². The second-order valence-electron chi connectivity index (χ2n) is 6.73. The zero-order chi connectivity index (χ0) is 22.2. The van der Waals surface area contributed by atoms with Gasteiger partial charge in [-0.15, -0.1) is 0 Å². The van der Waals surface area contributed by atoms with E-state index >= 15 is 0 Å². The Kier molecular flexibility index (Phi) is 7.17. The molecular weight excluding hydrogens is 396 g/mol. The van der Waals surface area contributed by atoms with Gasteiger partial charge in [0.25, 0.3) is 0 Å². The molecule has 0 heterocycles. The molecule has 6 heteroatoms. The predicted octanol–water partition coefficient (Wildman–Crippen LogP) is 4.12. The Balaban J connectivity index is 1.50. The van der Waals surface area contributed by atoms with Gasteiger partial charge in [0.2, 0.25) is 5.78 Å². The van der Waals surface area contributed by atoms with Gasteiger partial charge in [0, 0.05) is 16.7 Å². The number of hydrogen-bond acceptors (Lipinski definition) is 6. The summed E-state index contributed by atoms with van der Waals surface area (Å²) in [5.41, 5.74) is 1.52. The summed E-state index contributed by atoms with van der Waals surface area (Å²) < 4.78 is 15.6. The summed E-state index contributed by atoms with van der Waals surface area (Å²) in [7, 11) is 1.54. The van der Waals surface area contributed by atoms with Gasteiger partial charge in [-0.3, -0.25) is 9.59 Å². The second-order valence-corrected chi connectivity index (χ2v) is 6.73. The van der Waals surface area contributed by atoms with E-state index in [0.717, 1.165) is 0 Å². The van der Waals surface area contributed by atoms with Crippen molar-refractivity contribution in [1.82, 2.24) is 0 Å². The van der Waals surface area contributed by atoms with Crippen molar-refractivity contribution < 1.29 is 28.6 Å². The van der Waals surface area contributed by atoms with E-state index in [2.05, 4.69) is 0 Å². The van der Waals surface area contributed by atoms with Gasteiger partial charge in [-0.1, -0.05) is 30.3 Å². The molecule has 0 aliphatic rings. The van der Waals surface area contributed by atoms with E-state index in [1.54, 1.807) is 72.8 Å². The Labute approximate surface area is 180 Å². The number of Topliss-reactive ketones (excluding diaryl/α,β-unsaturated/α-hetero) is 1. The molecule has 0 aliphatic heterocycles. The lowest BCUT2D eigenvalue weighted by Crippen LogP contribution is -2.27. The molecule has 3 rings (SSSR count). The van der Waals surface area contributed by atoms with Gasteiger partial charge in [0.15, 0.2) is 18.5 Å². The Bertz CT molecular complexity index is 1040. The van der Waals surface area contributed by atoms with Crippen LogP contribution in [-0.4, -0.2) is 37.4 Å². The average molecular weight is 418 g/mol. The van der Waals surface area contributed by atoms with Crippen LogP contribution in [0.3, 0.4) is 0 Å². The fourth-order valence-corrected chi connectivity index (χ4v) is 2.88. The molecule has 1 atom stereocenters. The maximum Gasteiger partial charge on any atom is 0.344 e. The summed E-state index contributed by atoms with van der Waals surface area (Å²) in [5, 5.41) is 0. The molecule has 31 heavy (non-hydrogen) atoms. The molecule has 3 aromatic carbocycles. The highest BCUT2D eigenvalue weighted by Gasteiger charge is 2.20. The highest BCUT2D eigenvalue weighted by Crippen LogP contribution is 2.16. The molecule has 0 spiro atoms. The molecular formula is C25H22O6. The Hall–Kier alpha value is -3.93. The fraction of sp³-hybridized carbons (Fsp3) is 0.160. The number of esters is 1. The average Bonchev–Trinajstić information content (AvgIpc) is 2.82. The third-order valence-electron chi connectivity index (χ3n) is 4.56. The van der Waals surface area contributed by atoms with Crippen molar-refractivity contribution in [2.45, 2.75) is 13.0 Å². The van der Waals surface area contributed by atoms with Crippen LogP contribution in [0, 0.1) is 0 Å². The van der Waals surface area contributed by atoms with E-state index in [9.17, 15) is 14.4 Å². The van der Waals surface area contributed by atoms with Gasteiger partial charge in [0.1, 0.15) is 11.5 Å². The summed E-state index contributed by atoms with van der Waals surface area (Å²) in [4.78, 5) is 36.8. The molecule has 0 amide bonds. The lowest BCUT2D eigenvalue weighted by Gasteiger charge is -2.13. The summed E-state index contributed by atoms with van der Waals surface area (Å²) >= 11 is 0. The molecule has 0 aliphatic carbocycles. The van der Waals surface area contributed by atoms with Gasteiger partial charge in [-0.25, -0.2) is 4.79 Å². The van der Waals surface area contributed by atoms with Crippen LogP contribution in [0.4, 0.5) is 0 Å². The van der Waals surface area contributed by atoms with Crippen molar-refractivity contribution in [2.75, 3.05) is 13.7 Å². The van der Waals surface area contributed by atoms with Crippen LogP contribution in [-0.2, 0) is 9.53 Å². The number of carbonyl (C=O) groups is 3. The minimum Gasteiger partial charge on any atom is -0.497 e. The fourth-order valence-electron chi connectivity index (χ4n) is 2.88. The zero-order valence-corrected chi connectivity index (χ0v) is 17.2. The molecule has 6 nitrogen and oxygen atoms in total. The lowest BCUT2D eigenvalue weighted by atomic mass is 10.0. The van der Waals surface area contributed by atoms with Crippen molar-refractivity contribution in [3.05, 3.63) is 95.6 Å². The molecule has 0 radical (unpaired) electrons. The normalized spacial score (nSPS) is 11.3. The Morgan fingerprint density at radius 2 is 1.29 bits per heavy atom. The maximum absolute atomic E-state index is 12.4. The van der Waals surface area contributed by atoms with Gasteiger partial charge < -0.3 is 14.2 Å². The molecule has 3 aromatic rings. The summed E-state index contributed by atoms with van der Waals surface area (Å²) in [6, 6.07) is 22.0. The van der Waals surface area contributed by atoms with Crippen molar-refractivity contribution in [3.8, 4) is 11.5 Å². The SMILES string of the molecule is COc1ccc(C(=O)[C@@H](C)OC(=O)COc2ccc(C(=O)c3ccccc3)cc2)cc1. The molecule has 0 saturated carbocycles. The first kappa shape index (κ1) is 21.8. The molecule has 0 unspecified atom stereocenters. The minimum atomic E-state index is -0.949. The van der Waals surface area contributed by atoms with Crippen molar-refractivity contribution >= 4 is 17.5 Å². The highest BCUT2D eigenvalue weighted by molar-refractivity contribution is 6.09. The van der Waals surface area contributed by atoms with E-state index in [0.29, 0.717) is 28.2 Å². The smallest absolute Gasteiger partial charge is 0.344 e. The Morgan fingerprint density at radius 3 is 1.90 bits per heavy atom. The van der Waals surface area contributed by atoms with Crippen molar-refractivity contribution in [3.63, 3.8) is 0 Å². The number of carbonyl (C=O) groups excluding carboxylic acids is 3. The van der Waals surface area contributed by atoms with Crippen molar-refractivity contribution in [1.29, 1.82) is 0 Å². The maximum atomic E-state index is 12.4. The largest absolute Gasteiger partial charge is 0.497 e. The van der Waals surface area contributed by atoms with Crippen LogP contribution in [0.1, 0.15) is 33.2 Å². The second kappa shape index (κ2) is 10.2. The lowest BCUT2D eigenvalue weighted by molar-refractivity contribution is -0.148. The van der Waals surface area contributed by atoms with Crippen LogP contribution < -0.4 is 9.47 Å². The van der Waals surface area contributed by atoms with Gasteiger partial charge >= 0.3 is 5.97 Å². The number of hydrogen-bond donors (Lipinski definition) is 0. The number of benzene rings is 3. The summed E-state index contributed by atoms with van der Waals surface area (Å²) in [5.74, 6) is -0.0437.